The van der Waals surface area contributed by atoms with E-state index in [1.54, 1.807) is 4.90 Å². The van der Waals surface area contributed by atoms with Gasteiger partial charge in [0.15, 0.2) is 0 Å². The van der Waals surface area contributed by atoms with Crippen molar-refractivity contribution in [2.75, 3.05) is 25.0 Å². The van der Waals surface area contributed by atoms with Crippen LogP contribution in [0.25, 0.3) is 0 Å². The molecule has 1 aromatic rings. The highest BCUT2D eigenvalue weighted by molar-refractivity contribution is 7.17. The Hall–Kier alpha value is -2.14. The lowest BCUT2D eigenvalue weighted by Gasteiger charge is -2.23. The van der Waals surface area contributed by atoms with E-state index in [0.29, 0.717) is 30.0 Å². The molecule has 7 nitrogen and oxygen atoms in total. The van der Waals surface area contributed by atoms with Crippen LogP contribution < -0.4 is 16.4 Å². The summed E-state index contributed by atoms with van der Waals surface area (Å²) in [5.41, 5.74) is 6.76. The van der Waals surface area contributed by atoms with E-state index >= 15 is 0 Å². The van der Waals surface area contributed by atoms with E-state index in [2.05, 4.69) is 5.32 Å². The third kappa shape index (κ3) is 5.27. The molecule has 1 aliphatic heterocycles. The first-order chi connectivity index (χ1) is 13.7. The number of thiophene rings is 1. The summed E-state index contributed by atoms with van der Waals surface area (Å²) in [5, 5.41) is 5.00. The molecule has 1 aliphatic carbocycles. The van der Waals surface area contributed by atoms with Crippen LogP contribution in [0.3, 0.4) is 0 Å². The van der Waals surface area contributed by atoms with Crippen molar-refractivity contribution in [3.05, 3.63) is 16.0 Å². The molecule has 0 saturated carbocycles. The van der Waals surface area contributed by atoms with Gasteiger partial charge in [0.1, 0.15) is 11.5 Å². The molecule has 2 aliphatic rings. The first-order valence-electron chi connectivity index (χ1n) is 9.48. The molecule has 1 unspecified atom stereocenters. The molecule has 11 heteroatoms. The molecule has 4 N–H and O–H groups in total. The summed E-state index contributed by atoms with van der Waals surface area (Å²) in [6.07, 6.45) is 0.0622. The number of fused-ring (bicyclic) bond motifs is 1. The molecule has 29 heavy (non-hydrogen) atoms. The molecule has 1 aromatic heterocycles. The van der Waals surface area contributed by atoms with E-state index in [-0.39, 0.29) is 6.54 Å². The summed E-state index contributed by atoms with van der Waals surface area (Å²) in [7, 11) is 0. The Morgan fingerprint density at radius 2 is 1.90 bits per heavy atom. The normalized spacial score (nSPS) is 19.6. The fourth-order valence-electron chi connectivity index (χ4n) is 3.88. The van der Waals surface area contributed by atoms with Gasteiger partial charge in [0.2, 0.25) is 11.8 Å². The predicted molar refractivity (Wildman–Crippen MR) is 102 cm³/mol. The van der Waals surface area contributed by atoms with Crippen LogP contribution in [-0.2, 0) is 22.4 Å². The van der Waals surface area contributed by atoms with Crippen LogP contribution >= 0.6 is 11.3 Å². The van der Waals surface area contributed by atoms with E-state index in [9.17, 15) is 27.6 Å². The number of hydrogen-bond donors (Lipinski definition) is 3. The maximum atomic E-state index is 12.5. The lowest BCUT2D eigenvalue weighted by Crippen LogP contribution is -2.47. The topological polar surface area (TPSA) is 105 Å². The van der Waals surface area contributed by atoms with Crippen molar-refractivity contribution in [1.82, 2.24) is 10.2 Å². The van der Waals surface area contributed by atoms with Crippen LogP contribution in [0, 0.1) is 0 Å². The highest BCUT2D eigenvalue weighted by Crippen LogP contribution is 2.37. The van der Waals surface area contributed by atoms with Gasteiger partial charge in [0.05, 0.1) is 18.2 Å². The number of anilines is 1. The van der Waals surface area contributed by atoms with Crippen LogP contribution in [0.1, 0.15) is 46.5 Å². The standard InChI is InChI=1S/C18H23F3N4O3S/c19-18(20,21)9-23-16(28)11-5-3-7-25(11)8-13(26)24-17-14(15(22)27)10-4-1-2-6-12(10)29-17/h11H,1-9H2,(H2,22,27)(H,23,28)(H,24,26). The van der Waals surface area contributed by atoms with Crippen molar-refractivity contribution in [3.8, 4) is 0 Å². The number of nitrogens with two attached hydrogens (primary N) is 1. The number of alkyl halides is 3. The zero-order chi connectivity index (χ0) is 21.2. The summed E-state index contributed by atoms with van der Waals surface area (Å²) in [4.78, 5) is 39.1. The Balaban J connectivity index is 1.64. The molecule has 1 fully saturated rings. The van der Waals surface area contributed by atoms with Crippen molar-refractivity contribution >= 4 is 34.1 Å². The summed E-state index contributed by atoms with van der Waals surface area (Å²) in [6, 6.07) is -0.782. The van der Waals surface area contributed by atoms with E-state index in [1.807, 2.05) is 5.32 Å². The minimum absolute atomic E-state index is 0.148. The zero-order valence-corrected chi connectivity index (χ0v) is 16.5. The van der Waals surface area contributed by atoms with Gasteiger partial charge in [-0.1, -0.05) is 0 Å². The Kier molecular flexibility index (Phi) is 6.47. The molecule has 3 rings (SSSR count). The first-order valence-corrected chi connectivity index (χ1v) is 10.3. The van der Waals surface area contributed by atoms with Gasteiger partial charge in [0, 0.05) is 4.88 Å². The number of hydrogen-bond acceptors (Lipinski definition) is 5. The average molecular weight is 432 g/mol. The lowest BCUT2D eigenvalue weighted by molar-refractivity contribution is -0.141. The van der Waals surface area contributed by atoms with Gasteiger partial charge in [-0.25, -0.2) is 0 Å². The second-order valence-corrected chi connectivity index (χ2v) is 8.39. The van der Waals surface area contributed by atoms with Gasteiger partial charge in [-0.15, -0.1) is 11.3 Å². The number of aryl methyl sites for hydroxylation is 1. The number of primary amides is 1. The zero-order valence-electron chi connectivity index (χ0n) is 15.7. The van der Waals surface area contributed by atoms with E-state index in [4.69, 9.17) is 5.73 Å². The van der Waals surface area contributed by atoms with E-state index in [1.165, 1.54) is 11.3 Å². The van der Waals surface area contributed by atoms with E-state index < -0.39 is 36.5 Å². The number of nitrogens with zero attached hydrogens (tertiary/aromatic N) is 1. The number of nitrogens with one attached hydrogen (secondary N) is 2. The van der Waals surface area contributed by atoms with Gasteiger partial charge in [-0.2, -0.15) is 13.2 Å². The molecule has 1 saturated heterocycles. The number of carbonyl (C=O) groups excluding carboxylic acids is 3. The van der Waals surface area contributed by atoms with Crippen molar-refractivity contribution in [1.29, 1.82) is 0 Å². The third-order valence-electron chi connectivity index (χ3n) is 5.15. The molecule has 0 radical (unpaired) electrons. The van der Waals surface area contributed by atoms with Crippen LogP contribution in [0.5, 0.6) is 0 Å². The predicted octanol–water partition coefficient (Wildman–Crippen LogP) is 1.81. The largest absolute Gasteiger partial charge is 0.405 e. The van der Waals surface area contributed by atoms with Crippen molar-refractivity contribution < 1.29 is 27.6 Å². The summed E-state index contributed by atoms with van der Waals surface area (Å²) < 4.78 is 37.0. The van der Waals surface area contributed by atoms with Gasteiger partial charge < -0.3 is 16.4 Å². The fourth-order valence-corrected chi connectivity index (χ4v) is 5.19. The van der Waals surface area contributed by atoms with Gasteiger partial charge in [-0.05, 0) is 50.6 Å². The molecule has 0 spiro atoms. The highest BCUT2D eigenvalue weighted by Gasteiger charge is 2.35. The second-order valence-electron chi connectivity index (χ2n) is 7.29. The number of amides is 3. The molecular weight excluding hydrogens is 409 g/mol. The van der Waals surface area contributed by atoms with Crippen molar-refractivity contribution in [2.24, 2.45) is 5.73 Å². The summed E-state index contributed by atoms with van der Waals surface area (Å²) in [6.45, 7) is -1.11. The van der Waals surface area contributed by atoms with Crippen LogP contribution in [0.4, 0.5) is 18.2 Å². The second kappa shape index (κ2) is 8.70. The Bertz CT molecular complexity index is 809. The van der Waals surface area contributed by atoms with Crippen LogP contribution in [-0.4, -0.2) is 54.5 Å². The minimum atomic E-state index is -4.49. The Labute approximate surface area is 169 Å². The monoisotopic (exact) mass is 432 g/mol. The molecule has 3 amide bonds. The van der Waals surface area contributed by atoms with Crippen molar-refractivity contribution in [3.63, 3.8) is 0 Å². The smallest absolute Gasteiger partial charge is 0.365 e. The number of likely N-dealkylation sites (tertiary alicyclic amines) is 1. The van der Waals surface area contributed by atoms with Crippen LogP contribution in [0.15, 0.2) is 0 Å². The molecule has 2 heterocycles. The third-order valence-corrected chi connectivity index (χ3v) is 6.35. The number of rotatable bonds is 6. The minimum Gasteiger partial charge on any atom is -0.365 e. The quantitative estimate of drug-likeness (QED) is 0.638. The molecule has 0 bridgehead atoms. The Morgan fingerprint density at radius 3 is 2.59 bits per heavy atom. The number of carbonyl (C=O) groups is 3. The lowest BCUT2D eigenvalue weighted by atomic mass is 9.95. The maximum Gasteiger partial charge on any atom is 0.405 e. The molecule has 1 atom stereocenters. The molecule has 0 aromatic carbocycles. The SMILES string of the molecule is NC(=O)c1c(NC(=O)CN2CCCC2C(=O)NCC(F)(F)F)sc2c1CCCC2. The van der Waals surface area contributed by atoms with Gasteiger partial charge in [-0.3, -0.25) is 19.3 Å². The van der Waals surface area contributed by atoms with Gasteiger partial charge in [0.25, 0.3) is 5.91 Å². The van der Waals surface area contributed by atoms with E-state index in [0.717, 1.165) is 36.1 Å². The maximum absolute atomic E-state index is 12.5. The van der Waals surface area contributed by atoms with Gasteiger partial charge >= 0.3 is 6.18 Å². The average Bonchev–Trinajstić information content (AvgIpc) is 3.22. The summed E-state index contributed by atoms with van der Waals surface area (Å²) in [5.74, 6) is -1.76. The molecule has 160 valence electrons. The highest BCUT2D eigenvalue weighted by atomic mass is 32.1. The Morgan fingerprint density at radius 1 is 1.17 bits per heavy atom. The number of halogens is 3. The first kappa shape index (κ1) is 21.6. The summed E-state index contributed by atoms with van der Waals surface area (Å²) >= 11 is 1.34. The molecular formula is C18H23F3N4O3S. The van der Waals surface area contributed by atoms with Crippen LogP contribution in [0.2, 0.25) is 0 Å². The fraction of sp³-hybridized carbons (Fsp3) is 0.611. The van der Waals surface area contributed by atoms with Crippen molar-refractivity contribution in [2.45, 2.75) is 50.7 Å².